The first kappa shape index (κ1) is 20.2. The first-order valence-corrected chi connectivity index (χ1v) is 9.83. The number of nitrogens with zero attached hydrogens (tertiary/aromatic N) is 1. The Morgan fingerprint density at radius 1 is 1.11 bits per heavy atom. The van der Waals surface area contributed by atoms with Crippen molar-refractivity contribution in [1.82, 2.24) is 4.98 Å². The zero-order valence-corrected chi connectivity index (χ0v) is 16.0. The standard InChI is InChI=1S/C24H24F3N/c1-2-3-19-9-11-24(28-16-19)20-14-22(26)21(23(27)15-20)10-8-17-4-6-18(7-5-17)12-13-25/h9,11-18H,2-7H2,1H3/b13-12+. The zero-order valence-electron chi connectivity index (χ0n) is 16.0. The van der Waals surface area contributed by atoms with Crippen LogP contribution in [0, 0.1) is 35.3 Å². The van der Waals surface area contributed by atoms with Gasteiger partial charge in [0.2, 0.25) is 0 Å². The second-order valence-electron chi connectivity index (χ2n) is 7.32. The number of hydrogen-bond donors (Lipinski definition) is 0. The van der Waals surface area contributed by atoms with Gasteiger partial charge in [-0.3, -0.25) is 4.98 Å². The average Bonchev–Trinajstić information content (AvgIpc) is 2.69. The lowest BCUT2D eigenvalue weighted by Gasteiger charge is -2.22. The van der Waals surface area contributed by atoms with Crippen LogP contribution in [0.1, 0.15) is 50.2 Å². The van der Waals surface area contributed by atoms with Gasteiger partial charge < -0.3 is 0 Å². The van der Waals surface area contributed by atoms with Crippen molar-refractivity contribution in [1.29, 1.82) is 0 Å². The molecular weight excluding hydrogens is 359 g/mol. The van der Waals surface area contributed by atoms with Crippen LogP contribution in [0.4, 0.5) is 13.2 Å². The van der Waals surface area contributed by atoms with Gasteiger partial charge in [0.05, 0.1) is 17.6 Å². The van der Waals surface area contributed by atoms with Crippen molar-refractivity contribution in [3.63, 3.8) is 0 Å². The van der Waals surface area contributed by atoms with Crippen LogP contribution in [0.5, 0.6) is 0 Å². The second kappa shape index (κ2) is 9.59. The third kappa shape index (κ3) is 5.04. The van der Waals surface area contributed by atoms with E-state index in [9.17, 15) is 13.2 Å². The molecule has 0 bridgehead atoms. The van der Waals surface area contributed by atoms with Gasteiger partial charge in [-0.1, -0.05) is 37.3 Å². The molecule has 2 aromatic rings. The van der Waals surface area contributed by atoms with Crippen molar-refractivity contribution in [2.24, 2.45) is 11.8 Å². The highest BCUT2D eigenvalue weighted by Gasteiger charge is 2.18. The van der Waals surface area contributed by atoms with Crippen molar-refractivity contribution in [2.45, 2.75) is 45.4 Å². The van der Waals surface area contributed by atoms with Crippen LogP contribution in [-0.4, -0.2) is 4.98 Å². The summed E-state index contributed by atoms with van der Waals surface area (Å²) in [7, 11) is 0. The molecular formula is C24H24F3N. The minimum Gasteiger partial charge on any atom is -0.256 e. The van der Waals surface area contributed by atoms with Gasteiger partial charge in [0.1, 0.15) is 11.6 Å². The van der Waals surface area contributed by atoms with Gasteiger partial charge in [-0.15, -0.1) is 0 Å². The van der Waals surface area contributed by atoms with Crippen LogP contribution in [0.2, 0.25) is 0 Å². The molecule has 1 fully saturated rings. The van der Waals surface area contributed by atoms with E-state index in [1.54, 1.807) is 18.3 Å². The summed E-state index contributed by atoms with van der Waals surface area (Å²) in [5.41, 5.74) is 1.85. The maximum atomic E-state index is 14.5. The van der Waals surface area contributed by atoms with E-state index < -0.39 is 11.6 Å². The molecule has 28 heavy (non-hydrogen) atoms. The molecule has 0 N–H and O–H groups in total. The van der Waals surface area contributed by atoms with Crippen molar-refractivity contribution >= 4 is 0 Å². The SMILES string of the molecule is CCCc1ccc(-c2cc(F)c(C#CC3CCC(/C=C/F)CC3)c(F)c2)nc1. The predicted octanol–water partition coefficient (Wildman–Crippen LogP) is 6.62. The van der Waals surface area contributed by atoms with E-state index >= 15 is 0 Å². The number of aryl methyl sites for hydroxylation is 1. The van der Waals surface area contributed by atoms with Gasteiger partial charge in [0.25, 0.3) is 0 Å². The van der Waals surface area contributed by atoms with Crippen LogP contribution in [0.15, 0.2) is 42.9 Å². The number of allylic oxidation sites excluding steroid dienone is 1. The summed E-state index contributed by atoms with van der Waals surface area (Å²) >= 11 is 0. The summed E-state index contributed by atoms with van der Waals surface area (Å²) in [6.07, 6.45) is 9.19. The van der Waals surface area contributed by atoms with E-state index in [0.717, 1.165) is 44.1 Å². The number of aromatic nitrogens is 1. The molecule has 0 radical (unpaired) electrons. The Kier molecular flexibility index (Phi) is 6.92. The molecule has 0 spiro atoms. The fourth-order valence-electron chi connectivity index (χ4n) is 3.61. The molecule has 1 heterocycles. The Morgan fingerprint density at radius 3 is 2.39 bits per heavy atom. The van der Waals surface area contributed by atoms with Gasteiger partial charge in [-0.25, -0.2) is 13.2 Å². The zero-order chi connectivity index (χ0) is 19.9. The molecule has 1 aromatic carbocycles. The average molecular weight is 383 g/mol. The first-order chi connectivity index (χ1) is 13.6. The number of rotatable bonds is 4. The summed E-state index contributed by atoms with van der Waals surface area (Å²) in [4.78, 5) is 4.32. The maximum absolute atomic E-state index is 14.5. The highest BCUT2D eigenvalue weighted by atomic mass is 19.1. The lowest BCUT2D eigenvalue weighted by molar-refractivity contribution is 0.362. The van der Waals surface area contributed by atoms with Gasteiger partial charge in [-0.05, 0) is 61.8 Å². The number of hydrogen-bond acceptors (Lipinski definition) is 1. The lowest BCUT2D eigenvalue weighted by atomic mass is 9.82. The predicted molar refractivity (Wildman–Crippen MR) is 106 cm³/mol. The topological polar surface area (TPSA) is 12.9 Å². The molecule has 0 saturated heterocycles. The van der Waals surface area contributed by atoms with Crippen LogP contribution in [0.25, 0.3) is 11.3 Å². The Labute approximate surface area is 164 Å². The Hall–Kier alpha value is -2.54. The molecule has 1 saturated carbocycles. The Morgan fingerprint density at radius 2 is 1.82 bits per heavy atom. The number of halogens is 3. The third-order valence-electron chi connectivity index (χ3n) is 5.22. The van der Waals surface area contributed by atoms with Crippen LogP contribution >= 0.6 is 0 Å². The summed E-state index contributed by atoms with van der Waals surface area (Å²) in [5, 5.41) is 0. The first-order valence-electron chi connectivity index (χ1n) is 9.83. The maximum Gasteiger partial charge on any atom is 0.142 e. The molecule has 146 valence electrons. The molecule has 4 heteroatoms. The smallest absolute Gasteiger partial charge is 0.142 e. The van der Waals surface area contributed by atoms with Crippen molar-refractivity contribution in [3.8, 4) is 23.1 Å². The largest absolute Gasteiger partial charge is 0.256 e. The molecule has 0 unspecified atom stereocenters. The van der Waals surface area contributed by atoms with Gasteiger partial charge in [0.15, 0.2) is 0 Å². The molecule has 1 nitrogen and oxygen atoms in total. The molecule has 0 amide bonds. The summed E-state index contributed by atoms with van der Waals surface area (Å²) in [5.74, 6) is 4.68. The van der Waals surface area contributed by atoms with Gasteiger partial charge in [-0.2, -0.15) is 0 Å². The van der Waals surface area contributed by atoms with Crippen molar-refractivity contribution < 1.29 is 13.2 Å². The van der Waals surface area contributed by atoms with Crippen molar-refractivity contribution in [3.05, 3.63) is 65.6 Å². The Balaban J connectivity index is 1.74. The lowest BCUT2D eigenvalue weighted by Crippen LogP contribution is -2.11. The summed E-state index contributed by atoms with van der Waals surface area (Å²) < 4.78 is 41.2. The van der Waals surface area contributed by atoms with E-state index in [4.69, 9.17) is 0 Å². The van der Waals surface area contributed by atoms with E-state index in [2.05, 4.69) is 23.7 Å². The monoisotopic (exact) mass is 383 g/mol. The number of pyridine rings is 1. The fourth-order valence-corrected chi connectivity index (χ4v) is 3.61. The fraction of sp³-hybridized carbons (Fsp3) is 0.375. The van der Waals surface area contributed by atoms with Crippen LogP contribution in [-0.2, 0) is 6.42 Å². The van der Waals surface area contributed by atoms with E-state index in [0.29, 0.717) is 17.6 Å². The van der Waals surface area contributed by atoms with Crippen molar-refractivity contribution in [2.75, 3.05) is 0 Å². The quantitative estimate of drug-likeness (QED) is 0.541. The molecule has 1 aliphatic rings. The Bertz CT molecular complexity index is 859. The molecule has 3 rings (SSSR count). The molecule has 0 aliphatic heterocycles. The van der Waals surface area contributed by atoms with E-state index in [1.807, 2.05) is 6.07 Å². The van der Waals surface area contributed by atoms with Crippen LogP contribution in [0.3, 0.4) is 0 Å². The van der Waals surface area contributed by atoms with Crippen LogP contribution < -0.4 is 0 Å². The molecule has 0 atom stereocenters. The minimum absolute atomic E-state index is 0.0931. The molecule has 1 aromatic heterocycles. The van der Waals surface area contributed by atoms with Gasteiger partial charge >= 0.3 is 0 Å². The van der Waals surface area contributed by atoms with Gasteiger partial charge in [0, 0.05) is 17.7 Å². The normalized spacial score (nSPS) is 19.4. The highest BCUT2D eigenvalue weighted by molar-refractivity contribution is 5.61. The minimum atomic E-state index is -0.670. The molecule has 1 aliphatic carbocycles. The second-order valence-corrected chi connectivity index (χ2v) is 7.32. The van der Waals surface area contributed by atoms with E-state index in [1.165, 1.54) is 12.1 Å². The highest BCUT2D eigenvalue weighted by Crippen LogP contribution is 2.29. The summed E-state index contributed by atoms with van der Waals surface area (Å²) in [6.45, 7) is 2.09. The van der Waals surface area contributed by atoms with E-state index in [-0.39, 0.29) is 17.4 Å². The summed E-state index contributed by atoms with van der Waals surface area (Å²) in [6, 6.07) is 6.30. The third-order valence-corrected chi connectivity index (χ3v) is 5.22. The number of benzene rings is 1.